The average molecular weight is 218 g/mol. The van der Waals surface area contributed by atoms with Gasteiger partial charge >= 0.3 is 0 Å². The third-order valence-corrected chi connectivity index (χ3v) is 2.25. The second kappa shape index (κ2) is 5.50. The lowest BCUT2D eigenvalue weighted by Gasteiger charge is -2.09. The van der Waals surface area contributed by atoms with Crippen LogP contribution >= 0.6 is 0 Å². The van der Waals surface area contributed by atoms with Gasteiger partial charge < -0.3 is 4.74 Å². The second-order valence-corrected chi connectivity index (χ2v) is 4.15. The third-order valence-electron chi connectivity index (χ3n) is 2.25. The highest BCUT2D eigenvalue weighted by molar-refractivity contribution is 5.96. The zero-order chi connectivity index (χ0) is 12.1. The highest BCUT2D eigenvalue weighted by atomic mass is 16.5. The van der Waals surface area contributed by atoms with Crippen molar-refractivity contribution >= 4 is 5.78 Å². The van der Waals surface area contributed by atoms with E-state index in [1.165, 1.54) is 5.57 Å². The van der Waals surface area contributed by atoms with E-state index in [1.807, 2.05) is 45.0 Å². The number of rotatable bonds is 4. The van der Waals surface area contributed by atoms with Crippen LogP contribution in [0, 0.1) is 6.92 Å². The lowest BCUT2D eigenvalue weighted by Crippen LogP contribution is -2.01. The number of allylic oxidation sites excluding steroid dienone is 1. The van der Waals surface area contributed by atoms with Crippen molar-refractivity contribution in [2.75, 3.05) is 6.61 Å². The summed E-state index contributed by atoms with van der Waals surface area (Å²) in [4.78, 5) is 11.4. The maximum atomic E-state index is 11.4. The summed E-state index contributed by atoms with van der Waals surface area (Å²) in [6, 6.07) is 5.63. The van der Waals surface area contributed by atoms with E-state index >= 15 is 0 Å². The van der Waals surface area contributed by atoms with Crippen LogP contribution in [0.4, 0.5) is 0 Å². The van der Waals surface area contributed by atoms with E-state index in [9.17, 15) is 4.79 Å². The Morgan fingerprint density at radius 1 is 1.31 bits per heavy atom. The Hall–Kier alpha value is -1.57. The number of carbonyl (C=O) groups excluding carboxylic acids is 1. The van der Waals surface area contributed by atoms with Crippen LogP contribution in [0.2, 0.25) is 0 Å². The van der Waals surface area contributed by atoms with E-state index in [2.05, 4.69) is 0 Å². The molecule has 2 nitrogen and oxygen atoms in total. The summed E-state index contributed by atoms with van der Waals surface area (Å²) in [6.45, 7) is 8.08. The summed E-state index contributed by atoms with van der Waals surface area (Å²) < 4.78 is 5.59. The minimum Gasteiger partial charge on any atom is -0.489 e. The fourth-order valence-electron chi connectivity index (χ4n) is 1.34. The zero-order valence-electron chi connectivity index (χ0n) is 10.3. The van der Waals surface area contributed by atoms with E-state index in [0.717, 1.165) is 5.56 Å². The molecule has 0 aliphatic heterocycles. The van der Waals surface area contributed by atoms with Crippen LogP contribution in [-0.2, 0) is 0 Å². The predicted molar refractivity (Wildman–Crippen MR) is 66.1 cm³/mol. The summed E-state index contributed by atoms with van der Waals surface area (Å²) in [5, 5.41) is 0. The number of ketones is 1. The van der Waals surface area contributed by atoms with Gasteiger partial charge in [-0.1, -0.05) is 11.6 Å². The summed E-state index contributed by atoms with van der Waals surface area (Å²) in [5.74, 6) is 0.706. The van der Waals surface area contributed by atoms with Crippen molar-refractivity contribution in [2.24, 2.45) is 0 Å². The number of aryl methyl sites for hydroxylation is 1. The molecule has 1 aromatic rings. The van der Waals surface area contributed by atoms with Crippen LogP contribution in [0.15, 0.2) is 29.8 Å². The van der Waals surface area contributed by atoms with E-state index < -0.39 is 0 Å². The van der Waals surface area contributed by atoms with Gasteiger partial charge in [-0.3, -0.25) is 4.79 Å². The molecule has 1 rings (SSSR count). The molecule has 0 atom stereocenters. The van der Waals surface area contributed by atoms with E-state index in [-0.39, 0.29) is 5.78 Å². The quantitative estimate of drug-likeness (QED) is 0.570. The molecule has 0 saturated carbocycles. The van der Waals surface area contributed by atoms with Crippen molar-refractivity contribution in [1.82, 2.24) is 0 Å². The molecule has 2 heteroatoms. The molecular formula is C14H18O2. The fraction of sp³-hybridized carbons (Fsp3) is 0.357. The Morgan fingerprint density at radius 2 is 2.00 bits per heavy atom. The van der Waals surface area contributed by atoms with Crippen molar-refractivity contribution in [3.63, 3.8) is 0 Å². The number of hydrogen-bond acceptors (Lipinski definition) is 2. The molecule has 0 radical (unpaired) electrons. The summed E-state index contributed by atoms with van der Waals surface area (Å²) in [7, 11) is 0. The number of carbonyl (C=O) groups is 1. The lowest BCUT2D eigenvalue weighted by molar-refractivity contribution is 0.101. The molecular weight excluding hydrogens is 200 g/mol. The van der Waals surface area contributed by atoms with Crippen molar-refractivity contribution in [1.29, 1.82) is 0 Å². The van der Waals surface area contributed by atoms with Crippen LogP contribution in [-0.4, -0.2) is 12.4 Å². The second-order valence-electron chi connectivity index (χ2n) is 4.15. The molecule has 0 unspecified atom stereocenters. The van der Waals surface area contributed by atoms with Gasteiger partial charge in [-0.2, -0.15) is 0 Å². The summed E-state index contributed by atoms with van der Waals surface area (Å²) in [6.07, 6.45) is 1.99. The van der Waals surface area contributed by atoms with Gasteiger partial charge in [0.25, 0.3) is 0 Å². The molecule has 0 aliphatic carbocycles. The van der Waals surface area contributed by atoms with E-state index in [0.29, 0.717) is 17.9 Å². The molecule has 0 amide bonds. The van der Waals surface area contributed by atoms with Crippen molar-refractivity contribution < 1.29 is 9.53 Å². The van der Waals surface area contributed by atoms with Gasteiger partial charge in [0.1, 0.15) is 12.4 Å². The van der Waals surface area contributed by atoms with E-state index in [1.54, 1.807) is 6.92 Å². The van der Waals surface area contributed by atoms with Gasteiger partial charge in [0.05, 0.1) is 5.56 Å². The van der Waals surface area contributed by atoms with Gasteiger partial charge in [0.2, 0.25) is 0 Å². The molecule has 0 aliphatic rings. The normalized spacial score (nSPS) is 9.75. The van der Waals surface area contributed by atoms with Gasteiger partial charge in [0.15, 0.2) is 5.78 Å². The monoisotopic (exact) mass is 218 g/mol. The number of benzene rings is 1. The molecule has 0 N–H and O–H groups in total. The molecule has 0 fully saturated rings. The standard InChI is InChI=1S/C14H18O2/c1-10(2)7-8-16-14-9-11(3)5-6-13(14)12(4)15/h5-7,9H,8H2,1-4H3. The minimum atomic E-state index is 0.0344. The molecule has 0 heterocycles. The summed E-state index contributed by atoms with van der Waals surface area (Å²) >= 11 is 0. The first-order chi connectivity index (χ1) is 7.50. The van der Waals surface area contributed by atoms with Crippen molar-refractivity contribution in [3.05, 3.63) is 41.0 Å². The molecule has 0 bridgehead atoms. The molecule has 1 aromatic carbocycles. The van der Waals surface area contributed by atoms with Crippen LogP contribution in [0.3, 0.4) is 0 Å². The van der Waals surface area contributed by atoms with Gasteiger partial charge in [-0.15, -0.1) is 0 Å². The topological polar surface area (TPSA) is 26.3 Å². The van der Waals surface area contributed by atoms with Crippen molar-refractivity contribution in [3.8, 4) is 5.75 Å². The Kier molecular flexibility index (Phi) is 4.29. The smallest absolute Gasteiger partial charge is 0.163 e. The van der Waals surface area contributed by atoms with Gasteiger partial charge in [-0.05, 0) is 51.5 Å². The first-order valence-corrected chi connectivity index (χ1v) is 5.38. The molecule has 16 heavy (non-hydrogen) atoms. The molecule has 0 spiro atoms. The van der Waals surface area contributed by atoms with E-state index in [4.69, 9.17) is 4.74 Å². The van der Waals surface area contributed by atoms with Crippen LogP contribution in [0.25, 0.3) is 0 Å². The third kappa shape index (κ3) is 3.54. The lowest BCUT2D eigenvalue weighted by atomic mass is 10.1. The van der Waals surface area contributed by atoms with Crippen LogP contribution in [0.5, 0.6) is 5.75 Å². The Labute approximate surface area is 96.9 Å². The largest absolute Gasteiger partial charge is 0.489 e. The SMILES string of the molecule is CC(=O)c1ccc(C)cc1OCC=C(C)C. The Bertz CT molecular complexity index is 413. The first kappa shape index (κ1) is 12.5. The molecule has 0 aromatic heterocycles. The van der Waals surface area contributed by atoms with Crippen LogP contribution in [0.1, 0.15) is 36.7 Å². The number of ether oxygens (including phenoxy) is 1. The Morgan fingerprint density at radius 3 is 2.56 bits per heavy atom. The minimum absolute atomic E-state index is 0.0344. The maximum absolute atomic E-state index is 11.4. The van der Waals surface area contributed by atoms with Gasteiger partial charge in [-0.25, -0.2) is 0 Å². The maximum Gasteiger partial charge on any atom is 0.163 e. The highest BCUT2D eigenvalue weighted by Gasteiger charge is 2.07. The predicted octanol–water partition coefficient (Wildman–Crippen LogP) is 3.54. The van der Waals surface area contributed by atoms with Crippen molar-refractivity contribution in [2.45, 2.75) is 27.7 Å². The number of hydrogen-bond donors (Lipinski definition) is 0. The average Bonchev–Trinajstić information content (AvgIpc) is 2.16. The van der Waals surface area contributed by atoms with Gasteiger partial charge in [0, 0.05) is 0 Å². The zero-order valence-corrected chi connectivity index (χ0v) is 10.3. The Balaban J connectivity index is 2.88. The highest BCUT2D eigenvalue weighted by Crippen LogP contribution is 2.20. The number of Topliss-reactive ketones (excluding diaryl/α,β-unsaturated/α-hetero) is 1. The first-order valence-electron chi connectivity index (χ1n) is 5.38. The fourth-order valence-corrected chi connectivity index (χ4v) is 1.34. The van der Waals surface area contributed by atoms with Crippen LogP contribution < -0.4 is 4.74 Å². The molecule has 0 saturated heterocycles. The molecule has 86 valence electrons. The summed E-state index contributed by atoms with van der Waals surface area (Å²) in [5.41, 5.74) is 2.95.